The molecule has 0 atom stereocenters. The number of hydrogen-bond donors (Lipinski definition) is 0. The van der Waals surface area contributed by atoms with Crippen LogP contribution in [0, 0.1) is 83.1 Å². The van der Waals surface area contributed by atoms with Gasteiger partial charge in [0.2, 0.25) is 36.4 Å². The predicted molar refractivity (Wildman–Crippen MR) is 224 cm³/mol. The van der Waals surface area contributed by atoms with Crippen molar-refractivity contribution in [2.75, 3.05) is 23.8 Å². The molecule has 0 aliphatic rings. The van der Waals surface area contributed by atoms with Gasteiger partial charge in [-0.05, 0) is 128 Å². The van der Waals surface area contributed by atoms with Crippen LogP contribution in [-0.4, -0.2) is 54.3 Å². The van der Waals surface area contributed by atoms with Crippen molar-refractivity contribution in [1.82, 2.24) is 0 Å². The smallest absolute Gasteiger partial charge is 0.229 e. The van der Waals surface area contributed by atoms with Gasteiger partial charge in [0.1, 0.15) is 0 Å². The van der Waals surface area contributed by atoms with Crippen LogP contribution in [0.15, 0.2) is 48.5 Å². The van der Waals surface area contributed by atoms with E-state index >= 15 is 9.13 Å². The number of aryl methyl sites for hydroxylation is 12. The predicted octanol–water partition coefficient (Wildman–Crippen LogP) is 10.2. The van der Waals surface area contributed by atoms with Crippen molar-refractivity contribution >= 4 is 46.2 Å². The molecule has 0 aliphatic carbocycles. The molecule has 55 heavy (non-hydrogen) atoms. The van der Waals surface area contributed by atoms with Crippen molar-refractivity contribution in [1.29, 1.82) is 0 Å². The quantitative estimate of drug-likeness (QED) is 0.115. The zero-order valence-corrected chi connectivity index (χ0v) is 36.6. The first-order chi connectivity index (χ1) is 25.3. The van der Waals surface area contributed by atoms with Gasteiger partial charge < -0.3 is 9.13 Å². The Hall–Kier alpha value is -4.03. The van der Waals surface area contributed by atoms with E-state index in [1.807, 2.05) is 27.7 Å². The third-order valence-corrected chi connectivity index (χ3v) is 17.8. The Morgan fingerprint density at radius 2 is 0.545 bits per heavy atom. The molecule has 0 saturated heterocycles. The molecule has 0 heterocycles. The Morgan fingerprint density at radius 1 is 0.382 bits per heavy atom. The molecule has 0 N–H and O–H groups in total. The van der Waals surface area contributed by atoms with Gasteiger partial charge in [-0.15, -0.1) is 0 Å². The second-order valence-electron chi connectivity index (χ2n) is 15.4. The highest BCUT2D eigenvalue weighted by Gasteiger charge is 2.46. The van der Waals surface area contributed by atoms with E-state index in [1.165, 1.54) is 0 Å². The maximum Gasteiger partial charge on any atom is 0.229 e. The van der Waals surface area contributed by atoms with Crippen LogP contribution >= 0.6 is 14.3 Å². The molecule has 0 aromatic heterocycles. The summed E-state index contributed by atoms with van der Waals surface area (Å²) in [5.74, 6) is -1.74. The van der Waals surface area contributed by atoms with E-state index in [-0.39, 0.29) is 22.3 Å². The topological polar surface area (TPSA) is 137 Å². The molecule has 292 valence electrons. The lowest BCUT2D eigenvalue weighted by Crippen LogP contribution is -2.25. The van der Waals surface area contributed by atoms with Gasteiger partial charge in [-0.1, -0.05) is 70.8 Å². The molecule has 4 aromatic rings. The minimum absolute atomic E-state index is 0.107. The molecule has 0 bridgehead atoms. The van der Waals surface area contributed by atoms with E-state index < -0.39 is 70.0 Å². The van der Waals surface area contributed by atoms with Crippen molar-refractivity contribution in [2.45, 2.75) is 83.1 Å². The Balaban J connectivity index is 1.80. The van der Waals surface area contributed by atoms with Gasteiger partial charge >= 0.3 is 0 Å². The number of carbonyl (C=O) groups is 4. The number of sulfone groups is 1. The van der Waals surface area contributed by atoms with Crippen LogP contribution in [-0.2, 0) is 19.0 Å². The molecule has 0 saturated carbocycles. The Kier molecular flexibility index (Phi) is 12.9. The summed E-state index contributed by atoms with van der Waals surface area (Å²) in [7, 11) is -13.7. The summed E-state index contributed by atoms with van der Waals surface area (Å²) in [6, 6.07) is 14.0. The van der Waals surface area contributed by atoms with Crippen molar-refractivity contribution in [3.8, 4) is 0 Å². The average Bonchev–Trinajstić information content (AvgIpc) is 3.04. The SMILES string of the molecule is Cc1cc(C)c(C(=O)P(=O)(CCS(=O)(=O)CCP(=O)(C(=O)c2c(C)cc(C)cc2C)C(=O)c2c(C)cc(C)cc2C)C(=O)c2c(C)cc(C)cc2C)c(C)c1. The number of rotatable bonds is 14. The summed E-state index contributed by atoms with van der Waals surface area (Å²) < 4.78 is 58.2. The standard InChI is InChI=1S/C44H52O8P2S/c1-25-17-29(5)37(30(6)18-25)41(45)53(49,42(46)38-31(7)19-26(2)20-32(38)8)13-15-55(51,52)16-14-54(50,43(47)39-33(9)21-27(3)22-34(39)10)44(48)40-35(11)23-28(4)24-36(40)12/h17-24H,13-16H2,1-12H3. The lowest BCUT2D eigenvalue weighted by Gasteiger charge is -2.22. The highest BCUT2D eigenvalue weighted by atomic mass is 32.2. The molecule has 11 heteroatoms. The Labute approximate surface area is 326 Å². The van der Waals surface area contributed by atoms with Crippen molar-refractivity contribution < 1.29 is 36.7 Å². The Bertz CT molecular complexity index is 2100. The summed E-state index contributed by atoms with van der Waals surface area (Å²) >= 11 is 0. The molecule has 0 fully saturated rings. The van der Waals surface area contributed by atoms with Crippen molar-refractivity contribution in [2.24, 2.45) is 0 Å². The van der Waals surface area contributed by atoms with E-state index in [9.17, 15) is 27.6 Å². The molecule has 4 rings (SSSR count). The fraction of sp³-hybridized carbons (Fsp3) is 0.364. The second kappa shape index (κ2) is 16.2. The monoisotopic (exact) mass is 802 g/mol. The number of benzene rings is 4. The van der Waals surface area contributed by atoms with Gasteiger partial charge in [0.15, 0.2) is 9.84 Å². The molecular weight excluding hydrogens is 750 g/mol. The summed E-state index contributed by atoms with van der Waals surface area (Å²) in [5, 5.41) is 0. The van der Waals surface area contributed by atoms with Crippen LogP contribution in [0.25, 0.3) is 0 Å². The lowest BCUT2D eigenvalue weighted by molar-refractivity contribution is 0.102. The van der Waals surface area contributed by atoms with Gasteiger partial charge in [-0.25, -0.2) is 8.42 Å². The summed E-state index contributed by atoms with van der Waals surface area (Å²) in [6.07, 6.45) is -1.60. The van der Waals surface area contributed by atoms with Gasteiger partial charge in [0.25, 0.3) is 0 Å². The fourth-order valence-electron chi connectivity index (χ4n) is 8.02. The average molecular weight is 803 g/mol. The van der Waals surface area contributed by atoms with E-state index in [2.05, 4.69) is 0 Å². The molecule has 0 amide bonds. The van der Waals surface area contributed by atoms with Crippen LogP contribution in [0.5, 0.6) is 0 Å². The third-order valence-electron chi connectivity index (χ3n) is 10.3. The highest BCUT2D eigenvalue weighted by molar-refractivity contribution is 7.99. The molecule has 4 aromatic carbocycles. The van der Waals surface area contributed by atoms with Gasteiger partial charge in [-0.2, -0.15) is 0 Å². The molecule has 0 spiro atoms. The van der Waals surface area contributed by atoms with Crippen LogP contribution in [0.3, 0.4) is 0 Å². The highest BCUT2D eigenvalue weighted by Crippen LogP contribution is 2.55. The lowest BCUT2D eigenvalue weighted by atomic mass is 10.0. The Morgan fingerprint density at radius 3 is 0.709 bits per heavy atom. The van der Waals surface area contributed by atoms with E-state index in [1.54, 1.807) is 104 Å². The molecule has 8 nitrogen and oxygen atoms in total. The summed E-state index contributed by atoms with van der Waals surface area (Å²) in [5.41, 5.74) is 4.28. The first-order valence-electron chi connectivity index (χ1n) is 18.2. The molecule has 0 unspecified atom stereocenters. The van der Waals surface area contributed by atoms with Gasteiger partial charge in [0.05, 0.1) is 11.5 Å². The van der Waals surface area contributed by atoms with E-state index in [0.29, 0.717) is 44.5 Å². The van der Waals surface area contributed by atoms with Crippen LogP contribution < -0.4 is 0 Å². The maximum atomic E-state index is 15.1. The molecule has 0 aliphatic heterocycles. The molecule has 0 radical (unpaired) electrons. The van der Waals surface area contributed by atoms with Crippen LogP contribution in [0.1, 0.15) is 108 Å². The summed E-state index contributed by atoms with van der Waals surface area (Å²) in [6.45, 7) is 20.9. The second-order valence-corrected chi connectivity index (χ2v) is 23.2. The minimum atomic E-state index is -4.67. The number of hydrogen-bond acceptors (Lipinski definition) is 8. The van der Waals surface area contributed by atoms with Crippen molar-refractivity contribution in [3.05, 3.63) is 138 Å². The summed E-state index contributed by atoms with van der Waals surface area (Å²) in [4.78, 5) is 57.7. The van der Waals surface area contributed by atoms with Crippen LogP contribution in [0.4, 0.5) is 0 Å². The fourth-order valence-corrected chi connectivity index (χ4v) is 16.5. The van der Waals surface area contributed by atoms with E-state index in [0.717, 1.165) is 22.3 Å². The zero-order chi connectivity index (χ0) is 41.5. The normalized spacial score (nSPS) is 12.1. The first-order valence-corrected chi connectivity index (χ1v) is 23.8. The minimum Gasteiger partial charge on any atom is -0.307 e. The molecular formula is C44H52O8P2S. The van der Waals surface area contributed by atoms with Gasteiger partial charge in [0, 0.05) is 34.6 Å². The van der Waals surface area contributed by atoms with E-state index in [4.69, 9.17) is 0 Å². The van der Waals surface area contributed by atoms with Crippen LogP contribution in [0.2, 0.25) is 0 Å². The first kappa shape index (κ1) is 43.7. The maximum absolute atomic E-state index is 15.1. The number of carbonyl (C=O) groups excluding carboxylic acids is 4. The third kappa shape index (κ3) is 8.85. The largest absolute Gasteiger partial charge is 0.307 e. The van der Waals surface area contributed by atoms with Crippen molar-refractivity contribution in [3.63, 3.8) is 0 Å². The van der Waals surface area contributed by atoms with Gasteiger partial charge in [-0.3, -0.25) is 19.2 Å². The zero-order valence-electron chi connectivity index (χ0n) is 34.0.